The molecule has 174 valence electrons. The average Bonchev–Trinajstić information content (AvgIpc) is 2.79. The van der Waals surface area contributed by atoms with Crippen molar-refractivity contribution in [3.8, 4) is 11.5 Å². The fraction of sp³-hybridized carbons (Fsp3) is 0.440. The molecule has 1 unspecified atom stereocenters. The first-order valence-corrected chi connectivity index (χ1v) is 11.7. The van der Waals surface area contributed by atoms with Crippen molar-refractivity contribution in [3.63, 3.8) is 0 Å². The Morgan fingerprint density at radius 1 is 1.12 bits per heavy atom. The number of nitrogens with zero attached hydrogens (tertiary/aromatic N) is 1. The van der Waals surface area contributed by atoms with E-state index in [1.54, 1.807) is 14.0 Å². The molecule has 32 heavy (non-hydrogen) atoms. The minimum absolute atomic E-state index is 0.172. The van der Waals surface area contributed by atoms with Crippen LogP contribution in [-0.2, 0) is 16.1 Å². The zero-order valence-corrected chi connectivity index (χ0v) is 21.1. The summed E-state index contributed by atoms with van der Waals surface area (Å²) in [6.45, 7) is 8.62. The summed E-state index contributed by atoms with van der Waals surface area (Å²) < 4.78 is 11.9. The highest BCUT2D eigenvalue weighted by molar-refractivity contribution is 9.10. The molecule has 2 rings (SSSR count). The molecule has 0 saturated heterocycles. The topological polar surface area (TPSA) is 67.9 Å². The van der Waals surface area contributed by atoms with Crippen molar-refractivity contribution in [1.29, 1.82) is 0 Å². The Bertz CT molecular complexity index is 917. The maximum absolute atomic E-state index is 13.2. The second-order valence-corrected chi connectivity index (χ2v) is 8.83. The number of halogens is 1. The molecule has 1 N–H and O–H groups in total. The molecule has 0 heterocycles. The van der Waals surface area contributed by atoms with Crippen LogP contribution >= 0.6 is 15.9 Å². The molecular formula is C25H33BrN2O4. The van der Waals surface area contributed by atoms with Crippen LogP contribution in [0.15, 0.2) is 46.9 Å². The smallest absolute Gasteiger partial charge is 0.261 e. The Kier molecular flexibility index (Phi) is 10.0. The van der Waals surface area contributed by atoms with Crippen LogP contribution in [0.5, 0.6) is 11.5 Å². The fourth-order valence-corrected chi connectivity index (χ4v) is 3.67. The van der Waals surface area contributed by atoms with Crippen LogP contribution in [0.25, 0.3) is 0 Å². The van der Waals surface area contributed by atoms with E-state index in [1.165, 1.54) is 10.5 Å². The normalized spacial score (nSPS) is 11.7. The van der Waals surface area contributed by atoms with E-state index in [1.807, 2.05) is 49.4 Å². The molecule has 0 saturated carbocycles. The second kappa shape index (κ2) is 12.5. The average molecular weight is 505 g/mol. The van der Waals surface area contributed by atoms with Gasteiger partial charge >= 0.3 is 0 Å². The Morgan fingerprint density at radius 3 is 2.50 bits per heavy atom. The number of hydrogen-bond acceptors (Lipinski definition) is 4. The predicted molar refractivity (Wildman–Crippen MR) is 130 cm³/mol. The number of amides is 2. The lowest BCUT2D eigenvalue weighted by Gasteiger charge is -2.29. The predicted octanol–water partition coefficient (Wildman–Crippen LogP) is 4.90. The van der Waals surface area contributed by atoms with E-state index in [4.69, 9.17) is 9.47 Å². The van der Waals surface area contributed by atoms with Gasteiger partial charge in [-0.3, -0.25) is 9.59 Å². The summed E-state index contributed by atoms with van der Waals surface area (Å²) in [5.74, 6) is 1.22. The molecule has 2 aromatic rings. The Labute approximate surface area is 199 Å². The Hall–Kier alpha value is -2.54. The summed E-state index contributed by atoms with van der Waals surface area (Å²) in [7, 11) is 1.60. The van der Waals surface area contributed by atoms with Crippen LogP contribution in [0.1, 0.15) is 51.2 Å². The monoisotopic (exact) mass is 504 g/mol. The summed E-state index contributed by atoms with van der Waals surface area (Å²) >= 11 is 3.52. The van der Waals surface area contributed by atoms with Gasteiger partial charge in [0.1, 0.15) is 17.5 Å². The van der Waals surface area contributed by atoms with Gasteiger partial charge in [0, 0.05) is 13.1 Å². The van der Waals surface area contributed by atoms with Crippen molar-refractivity contribution in [2.45, 2.75) is 52.6 Å². The van der Waals surface area contributed by atoms with Gasteiger partial charge in [-0.15, -0.1) is 0 Å². The Balaban J connectivity index is 2.18. The van der Waals surface area contributed by atoms with Gasteiger partial charge in [-0.2, -0.15) is 0 Å². The zero-order chi connectivity index (χ0) is 23.7. The van der Waals surface area contributed by atoms with Crippen molar-refractivity contribution >= 4 is 27.7 Å². The first-order chi connectivity index (χ1) is 15.3. The third kappa shape index (κ3) is 7.26. The molecule has 0 radical (unpaired) electrons. The third-order valence-corrected chi connectivity index (χ3v) is 5.80. The van der Waals surface area contributed by atoms with Crippen LogP contribution in [-0.4, -0.2) is 43.0 Å². The number of rotatable bonds is 11. The second-order valence-electron chi connectivity index (χ2n) is 7.97. The van der Waals surface area contributed by atoms with Crippen LogP contribution < -0.4 is 14.8 Å². The maximum Gasteiger partial charge on any atom is 0.261 e. The van der Waals surface area contributed by atoms with Gasteiger partial charge in [-0.1, -0.05) is 39.0 Å². The number of nitrogens with one attached hydrogen (secondary N) is 1. The van der Waals surface area contributed by atoms with Crippen LogP contribution in [0.4, 0.5) is 0 Å². The largest absolute Gasteiger partial charge is 0.497 e. The highest BCUT2D eigenvalue weighted by atomic mass is 79.9. The van der Waals surface area contributed by atoms with Gasteiger partial charge in [0.2, 0.25) is 5.91 Å². The first-order valence-electron chi connectivity index (χ1n) is 10.9. The first kappa shape index (κ1) is 25.7. The molecule has 0 aliphatic carbocycles. The van der Waals surface area contributed by atoms with Gasteiger partial charge in [-0.05, 0) is 70.6 Å². The molecule has 0 spiro atoms. The standard InChI is InChI=1S/C25H33BrN2O4/c1-6-12-27-25(30)18(4)28(15-19-8-7-9-21(13-19)31-5)24(29)16-32-23-11-10-20(17(2)3)14-22(23)26/h7-11,13-14,17-18H,6,12,15-16H2,1-5H3,(H,27,30). The SMILES string of the molecule is CCCNC(=O)C(C)N(Cc1cccc(OC)c1)C(=O)COc1ccc(C(C)C)cc1Br. The van der Waals surface area contributed by atoms with E-state index in [0.717, 1.165) is 16.5 Å². The Morgan fingerprint density at radius 2 is 1.88 bits per heavy atom. The lowest BCUT2D eigenvalue weighted by molar-refractivity contribution is -0.142. The van der Waals surface area contributed by atoms with Crippen molar-refractivity contribution in [3.05, 3.63) is 58.1 Å². The van der Waals surface area contributed by atoms with Crippen molar-refractivity contribution in [1.82, 2.24) is 10.2 Å². The number of carbonyl (C=O) groups excluding carboxylic acids is 2. The van der Waals surface area contributed by atoms with Crippen molar-refractivity contribution < 1.29 is 19.1 Å². The lowest BCUT2D eigenvalue weighted by atomic mass is 10.0. The van der Waals surface area contributed by atoms with Crippen LogP contribution in [0, 0.1) is 0 Å². The van der Waals surface area contributed by atoms with Gasteiger partial charge < -0.3 is 19.7 Å². The summed E-state index contributed by atoms with van der Waals surface area (Å²) in [6, 6.07) is 12.7. The molecule has 0 aromatic heterocycles. The molecule has 1 atom stereocenters. The quantitative estimate of drug-likeness (QED) is 0.472. The third-order valence-electron chi connectivity index (χ3n) is 5.18. The van der Waals surface area contributed by atoms with E-state index in [2.05, 4.69) is 35.1 Å². The minimum atomic E-state index is -0.643. The van der Waals surface area contributed by atoms with Crippen LogP contribution in [0.3, 0.4) is 0 Å². The highest BCUT2D eigenvalue weighted by Crippen LogP contribution is 2.29. The van der Waals surface area contributed by atoms with Gasteiger partial charge in [0.25, 0.3) is 5.91 Å². The van der Waals surface area contributed by atoms with E-state index in [-0.39, 0.29) is 25.0 Å². The summed E-state index contributed by atoms with van der Waals surface area (Å²) in [6.07, 6.45) is 0.825. The molecule has 0 aliphatic heterocycles. The highest BCUT2D eigenvalue weighted by Gasteiger charge is 2.26. The molecule has 7 heteroatoms. The van der Waals surface area contributed by atoms with Crippen molar-refractivity contribution in [2.24, 2.45) is 0 Å². The summed E-state index contributed by atoms with van der Waals surface area (Å²) in [5, 5.41) is 2.87. The maximum atomic E-state index is 13.2. The number of hydrogen-bond donors (Lipinski definition) is 1. The number of carbonyl (C=O) groups is 2. The minimum Gasteiger partial charge on any atom is -0.497 e. The van der Waals surface area contributed by atoms with E-state index in [0.29, 0.717) is 24.0 Å². The molecule has 2 aromatic carbocycles. The van der Waals surface area contributed by atoms with Gasteiger partial charge in [-0.25, -0.2) is 0 Å². The fourth-order valence-electron chi connectivity index (χ4n) is 3.16. The van der Waals surface area contributed by atoms with E-state index < -0.39 is 6.04 Å². The number of methoxy groups -OCH3 is 1. The molecule has 6 nitrogen and oxygen atoms in total. The summed E-state index contributed by atoms with van der Waals surface area (Å²) in [5.41, 5.74) is 2.05. The molecule has 0 fully saturated rings. The molecule has 0 bridgehead atoms. The van der Waals surface area contributed by atoms with E-state index in [9.17, 15) is 9.59 Å². The van der Waals surface area contributed by atoms with Gasteiger partial charge in [0.05, 0.1) is 11.6 Å². The summed E-state index contributed by atoms with van der Waals surface area (Å²) in [4.78, 5) is 27.3. The zero-order valence-electron chi connectivity index (χ0n) is 19.5. The van der Waals surface area contributed by atoms with Gasteiger partial charge in [0.15, 0.2) is 6.61 Å². The van der Waals surface area contributed by atoms with Crippen molar-refractivity contribution in [2.75, 3.05) is 20.3 Å². The molecule has 0 aliphatic rings. The molecule has 2 amide bonds. The van der Waals surface area contributed by atoms with Crippen LogP contribution in [0.2, 0.25) is 0 Å². The number of ether oxygens (including phenoxy) is 2. The van der Waals surface area contributed by atoms with E-state index >= 15 is 0 Å². The lowest BCUT2D eigenvalue weighted by Crippen LogP contribution is -2.49. The number of benzene rings is 2. The molecular weight excluding hydrogens is 472 g/mol.